The second kappa shape index (κ2) is 8.51. The van der Waals surface area contributed by atoms with Crippen molar-refractivity contribution < 1.29 is 14.6 Å². The van der Waals surface area contributed by atoms with Gasteiger partial charge in [0.05, 0.1) is 24.9 Å². The van der Waals surface area contributed by atoms with Crippen LogP contribution >= 0.6 is 15.9 Å². The molecule has 0 aliphatic heterocycles. The Morgan fingerprint density at radius 3 is 2.48 bits per heavy atom. The summed E-state index contributed by atoms with van der Waals surface area (Å²) in [7, 11) is 0. The average Bonchev–Trinajstić information content (AvgIpc) is 2.39. The Morgan fingerprint density at radius 2 is 1.95 bits per heavy atom. The Bertz CT molecular complexity index is 440. The molecule has 0 saturated carbocycles. The molecule has 2 N–H and O–H groups in total. The van der Waals surface area contributed by atoms with E-state index in [1.54, 1.807) is 0 Å². The van der Waals surface area contributed by atoms with Crippen molar-refractivity contribution in [1.29, 1.82) is 0 Å². The molecule has 0 heterocycles. The van der Waals surface area contributed by atoms with Gasteiger partial charge in [0.1, 0.15) is 0 Å². The molecule has 0 aliphatic rings. The second-order valence-electron chi connectivity index (χ2n) is 5.99. The van der Waals surface area contributed by atoms with Gasteiger partial charge in [0.15, 0.2) is 0 Å². The molecule has 0 bridgehead atoms. The van der Waals surface area contributed by atoms with Gasteiger partial charge in [0.25, 0.3) is 0 Å². The van der Waals surface area contributed by atoms with Crippen LogP contribution in [0.5, 0.6) is 0 Å². The zero-order valence-corrected chi connectivity index (χ0v) is 14.4. The molecule has 5 heteroatoms. The van der Waals surface area contributed by atoms with Gasteiger partial charge in [-0.1, -0.05) is 28.1 Å². The normalized spacial score (nSPS) is 13.0. The van der Waals surface area contributed by atoms with Crippen molar-refractivity contribution in [3.05, 3.63) is 34.3 Å². The number of carbonyl (C=O) groups is 1. The number of benzene rings is 1. The van der Waals surface area contributed by atoms with E-state index in [0.29, 0.717) is 19.4 Å². The third kappa shape index (κ3) is 8.19. The van der Waals surface area contributed by atoms with Crippen LogP contribution in [0.15, 0.2) is 28.7 Å². The van der Waals surface area contributed by atoms with Crippen LogP contribution in [-0.2, 0) is 16.0 Å². The predicted molar refractivity (Wildman–Crippen MR) is 87.2 cm³/mol. The number of aliphatic hydroxyl groups is 1. The lowest BCUT2D eigenvalue weighted by molar-refractivity contribution is -0.124. The number of hydrogen-bond donors (Lipinski definition) is 2. The third-order valence-corrected chi connectivity index (χ3v) is 3.37. The van der Waals surface area contributed by atoms with E-state index in [1.807, 2.05) is 45.0 Å². The second-order valence-corrected chi connectivity index (χ2v) is 6.90. The molecule has 0 aromatic heterocycles. The van der Waals surface area contributed by atoms with Gasteiger partial charge in [-0.2, -0.15) is 0 Å². The van der Waals surface area contributed by atoms with Crippen molar-refractivity contribution in [1.82, 2.24) is 5.32 Å². The molecular weight excluding hydrogens is 334 g/mol. The highest BCUT2D eigenvalue weighted by Crippen LogP contribution is 2.12. The van der Waals surface area contributed by atoms with Crippen LogP contribution in [0, 0.1) is 0 Å². The van der Waals surface area contributed by atoms with E-state index in [4.69, 9.17) is 4.74 Å². The molecule has 118 valence electrons. The summed E-state index contributed by atoms with van der Waals surface area (Å²) in [5.41, 5.74) is 0.831. The van der Waals surface area contributed by atoms with E-state index in [2.05, 4.69) is 21.2 Å². The largest absolute Gasteiger partial charge is 0.394 e. The van der Waals surface area contributed by atoms with E-state index in [1.165, 1.54) is 0 Å². The summed E-state index contributed by atoms with van der Waals surface area (Å²) >= 11 is 3.38. The molecule has 0 aliphatic carbocycles. The minimum atomic E-state index is -0.270. The SMILES string of the molecule is CC(C)(C)OCCC(=O)NC(CO)Cc1ccc(Br)cc1. The summed E-state index contributed by atoms with van der Waals surface area (Å²) in [5, 5.41) is 12.2. The molecule has 1 aromatic carbocycles. The Morgan fingerprint density at radius 1 is 1.33 bits per heavy atom. The Labute approximate surface area is 135 Å². The number of nitrogens with one attached hydrogen (secondary N) is 1. The highest BCUT2D eigenvalue weighted by Gasteiger charge is 2.14. The first kappa shape index (κ1) is 18.1. The topological polar surface area (TPSA) is 58.6 Å². The first-order chi connectivity index (χ1) is 9.80. The molecule has 0 spiro atoms. The van der Waals surface area contributed by atoms with Crippen LogP contribution in [0.1, 0.15) is 32.8 Å². The van der Waals surface area contributed by atoms with Crippen molar-refractivity contribution in [2.75, 3.05) is 13.2 Å². The lowest BCUT2D eigenvalue weighted by Crippen LogP contribution is -2.39. The smallest absolute Gasteiger partial charge is 0.222 e. The Balaban J connectivity index is 2.39. The van der Waals surface area contributed by atoms with Gasteiger partial charge in [-0.05, 0) is 44.9 Å². The molecule has 0 radical (unpaired) electrons. The number of halogens is 1. The lowest BCUT2D eigenvalue weighted by atomic mass is 10.1. The number of hydrogen-bond acceptors (Lipinski definition) is 3. The van der Waals surface area contributed by atoms with E-state index in [-0.39, 0.29) is 24.2 Å². The third-order valence-electron chi connectivity index (χ3n) is 2.85. The van der Waals surface area contributed by atoms with Crippen molar-refractivity contribution in [2.24, 2.45) is 0 Å². The highest BCUT2D eigenvalue weighted by atomic mass is 79.9. The van der Waals surface area contributed by atoms with Crippen LogP contribution in [-0.4, -0.2) is 35.9 Å². The summed E-state index contributed by atoms with van der Waals surface area (Å²) in [4.78, 5) is 11.8. The highest BCUT2D eigenvalue weighted by molar-refractivity contribution is 9.10. The van der Waals surface area contributed by atoms with Crippen LogP contribution in [0.2, 0.25) is 0 Å². The first-order valence-electron chi connectivity index (χ1n) is 7.09. The maximum Gasteiger partial charge on any atom is 0.222 e. The molecule has 1 aromatic rings. The van der Waals surface area contributed by atoms with E-state index < -0.39 is 0 Å². The molecular formula is C16H24BrNO3. The Kier molecular flexibility index (Phi) is 7.35. The van der Waals surface area contributed by atoms with Crippen molar-refractivity contribution in [3.8, 4) is 0 Å². The van der Waals surface area contributed by atoms with Crippen LogP contribution in [0.25, 0.3) is 0 Å². The van der Waals surface area contributed by atoms with Gasteiger partial charge in [-0.25, -0.2) is 0 Å². The van der Waals surface area contributed by atoms with Gasteiger partial charge in [0.2, 0.25) is 5.91 Å². The fourth-order valence-electron chi connectivity index (χ4n) is 1.82. The lowest BCUT2D eigenvalue weighted by Gasteiger charge is -2.20. The molecule has 21 heavy (non-hydrogen) atoms. The van der Waals surface area contributed by atoms with Crippen molar-refractivity contribution in [3.63, 3.8) is 0 Å². The Hall–Kier alpha value is -0.910. The predicted octanol–water partition coefficient (Wildman–Crippen LogP) is 2.67. The standard InChI is InChI=1S/C16H24BrNO3/c1-16(2,3)21-9-8-15(20)18-14(11-19)10-12-4-6-13(17)7-5-12/h4-7,14,19H,8-11H2,1-3H3,(H,18,20). The summed E-state index contributed by atoms with van der Waals surface area (Å²) in [5.74, 6) is -0.101. The maximum atomic E-state index is 11.8. The number of ether oxygens (including phenoxy) is 1. The van der Waals surface area contributed by atoms with Crippen LogP contribution in [0.3, 0.4) is 0 Å². The molecule has 0 saturated heterocycles. The maximum absolute atomic E-state index is 11.8. The van der Waals surface area contributed by atoms with Crippen molar-refractivity contribution >= 4 is 21.8 Å². The minimum Gasteiger partial charge on any atom is -0.394 e. The molecule has 1 amide bonds. The molecule has 1 unspecified atom stereocenters. The summed E-state index contributed by atoms with van der Waals surface area (Å²) in [6, 6.07) is 7.57. The quantitative estimate of drug-likeness (QED) is 0.788. The number of amides is 1. The van der Waals surface area contributed by atoms with E-state index in [0.717, 1.165) is 10.0 Å². The summed E-state index contributed by atoms with van der Waals surface area (Å²) in [6.45, 7) is 6.16. The fraction of sp³-hybridized carbons (Fsp3) is 0.562. The van der Waals surface area contributed by atoms with Gasteiger partial charge in [-0.3, -0.25) is 4.79 Å². The monoisotopic (exact) mass is 357 g/mol. The summed E-state index contributed by atoms with van der Waals surface area (Å²) < 4.78 is 6.53. The van der Waals surface area contributed by atoms with E-state index in [9.17, 15) is 9.90 Å². The molecule has 1 atom stereocenters. The van der Waals surface area contributed by atoms with Gasteiger partial charge < -0.3 is 15.2 Å². The molecule has 4 nitrogen and oxygen atoms in total. The zero-order valence-electron chi connectivity index (χ0n) is 12.9. The summed E-state index contributed by atoms with van der Waals surface area (Å²) in [6.07, 6.45) is 0.907. The molecule has 0 fully saturated rings. The minimum absolute atomic E-state index is 0.0814. The van der Waals surface area contributed by atoms with Gasteiger partial charge in [0, 0.05) is 10.9 Å². The van der Waals surface area contributed by atoms with Crippen LogP contribution < -0.4 is 5.32 Å². The van der Waals surface area contributed by atoms with E-state index >= 15 is 0 Å². The first-order valence-corrected chi connectivity index (χ1v) is 7.88. The number of aliphatic hydroxyl groups excluding tert-OH is 1. The van der Waals surface area contributed by atoms with Gasteiger partial charge >= 0.3 is 0 Å². The molecule has 1 rings (SSSR count). The number of rotatable bonds is 7. The zero-order chi connectivity index (χ0) is 15.9. The van der Waals surface area contributed by atoms with Crippen molar-refractivity contribution in [2.45, 2.75) is 45.3 Å². The van der Waals surface area contributed by atoms with Gasteiger partial charge in [-0.15, -0.1) is 0 Å². The fourth-order valence-corrected chi connectivity index (χ4v) is 2.08. The number of carbonyl (C=O) groups excluding carboxylic acids is 1. The van der Waals surface area contributed by atoms with Crippen LogP contribution in [0.4, 0.5) is 0 Å². The average molecular weight is 358 g/mol.